The summed E-state index contributed by atoms with van der Waals surface area (Å²) in [6, 6.07) is 0. The van der Waals surface area contributed by atoms with Crippen LogP contribution in [0.1, 0.15) is 85.5 Å². The van der Waals surface area contributed by atoms with Crippen LogP contribution in [-0.2, 0) is 14.3 Å². The van der Waals surface area contributed by atoms with Crippen molar-refractivity contribution in [3.05, 3.63) is 0 Å². The summed E-state index contributed by atoms with van der Waals surface area (Å²) in [4.78, 5) is 24.0. The van der Waals surface area contributed by atoms with E-state index in [1.165, 1.54) is 32.1 Å². The summed E-state index contributed by atoms with van der Waals surface area (Å²) < 4.78 is 5.65. The van der Waals surface area contributed by atoms with Crippen LogP contribution in [0.3, 0.4) is 0 Å². The maximum atomic E-state index is 12.3. The zero-order chi connectivity index (χ0) is 20.3. The monoisotopic (exact) mass is 408 g/mol. The van der Waals surface area contributed by atoms with Gasteiger partial charge in [-0.3, -0.25) is 9.59 Å². The molecule has 0 saturated heterocycles. The molecule has 4 rings (SSSR count). The van der Waals surface area contributed by atoms with Crippen LogP contribution in [0.25, 0.3) is 0 Å². The lowest BCUT2D eigenvalue weighted by Gasteiger charge is -2.65. The van der Waals surface area contributed by atoms with E-state index in [4.69, 9.17) is 16.3 Å². The number of fused-ring (bicyclic) bond motifs is 5. The quantitative estimate of drug-likeness (QED) is 0.439. The average Bonchev–Trinajstić information content (AvgIpc) is 3.00. The molecule has 8 atom stereocenters. The third-order valence-corrected chi connectivity index (χ3v) is 10.4. The van der Waals surface area contributed by atoms with Crippen LogP contribution >= 0.6 is 11.6 Å². The molecule has 4 saturated carbocycles. The van der Waals surface area contributed by atoms with Crippen molar-refractivity contribution < 1.29 is 14.3 Å². The van der Waals surface area contributed by atoms with E-state index in [1.807, 2.05) is 6.92 Å². The van der Waals surface area contributed by atoms with Gasteiger partial charge in [0.15, 0.2) is 0 Å². The number of carbonyl (C=O) groups is 2. The van der Waals surface area contributed by atoms with Gasteiger partial charge in [0.05, 0.1) is 0 Å². The zero-order valence-electron chi connectivity index (χ0n) is 18.1. The Bertz CT molecular complexity index is 662. The molecule has 0 heterocycles. The molecule has 0 radical (unpaired) electrons. The van der Waals surface area contributed by atoms with Gasteiger partial charge < -0.3 is 4.74 Å². The fourth-order valence-corrected chi connectivity index (χ4v) is 8.64. The molecule has 0 N–H and O–H groups in total. The minimum absolute atomic E-state index is 0.0308. The number of esters is 1. The van der Waals surface area contributed by atoms with Gasteiger partial charge in [-0.1, -0.05) is 20.8 Å². The maximum absolute atomic E-state index is 12.3. The second kappa shape index (κ2) is 7.00. The molecular weight excluding hydrogens is 372 g/mol. The van der Waals surface area contributed by atoms with Gasteiger partial charge in [0.2, 0.25) is 0 Å². The van der Waals surface area contributed by atoms with E-state index < -0.39 is 0 Å². The van der Waals surface area contributed by atoms with E-state index in [9.17, 15) is 9.59 Å². The lowest BCUT2D eigenvalue weighted by Crippen LogP contribution is -2.58. The Kier molecular flexibility index (Phi) is 5.17. The first-order valence-electron chi connectivity index (χ1n) is 11.4. The second-order valence-electron chi connectivity index (χ2n) is 11.2. The van der Waals surface area contributed by atoms with Crippen LogP contribution in [0, 0.1) is 39.9 Å². The molecule has 0 bridgehead atoms. The molecule has 0 aromatic heterocycles. The molecule has 0 aromatic carbocycles. The minimum atomic E-state index is -0.276. The molecule has 4 heteroatoms. The summed E-state index contributed by atoms with van der Waals surface area (Å²) in [5.41, 5.74) is 0.773. The Morgan fingerprint density at radius 3 is 2.39 bits per heavy atom. The van der Waals surface area contributed by atoms with E-state index in [2.05, 4.69) is 20.8 Å². The summed E-state index contributed by atoms with van der Waals surface area (Å²) in [6.07, 6.45) is 10.4. The van der Waals surface area contributed by atoms with Crippen LogP contribution in [0.2, 0.25) is 0 Å². The highest BCUT2D eigenvalue weighted by atomic mass is 35.5. The average molecular weight is 409 g/mol. The van der Waals surface area contributed by atoms with Gasteiger partial charge in [-0.05, 0) is 98.7 Å². The molecule has 0 amide bonds. The molecule has 28 heavy (non-hydrogen) atoms. The number of rotatable bonds is 3. The number of hydrogen-bond acceptors (Lipinski definition) is 3. The SMILES string of the molecule is CC(=O)[C@H]1CCC2C3CC[C@@]4(C)C[C@H](OC(=O)CCl)CC[C@]4(C)C3CC[C@@]21C. The van der Waals surface area contributed by atoms with Gasteiger partial charge in [-0.15, -0.1) is 11.6 Å². The fraction of sp³-hybridized carbons (Fsp3) is 0.917. The second-order valence-corrected chi connectivity index (χ2v) is 11.4. The van der Waals surface area contributed by atoms with Crippen molar-refractivity contribution in [2.75, 3.05) is 5.88 Å². The number of ether oxygens (including phenoxy) is 1. The number of ketones is 1. The highest BCUT2D eigenvalue weighted by molar-refractivity contribution is 6.26. The lowest BCUT2D eigenvalue weighted by atomic mass is 9.40. The van der Waals surface area contributed by atoms with E-state index in [0.717, 1.165) is 37.5 Å². The summed E-state index contributed by atoms with van der Waals surface area (Å²) >= 11 is 5.66. The Morgan fingerprint density at radius 2 is 1.71 bits per heavy atom. The molecule has 0 spiro atoms. The molecule has 4 aliphatic rings. The van der Waals surface area contributed by atoms with Crippen molar-refractivity contribution in [2.45, 2.75) is 91.6 Å². The largest absolute Gasteiger partial charge is 0.461 e. The van der Waals surface area contributed by atoms with Crippen LogP contribution in [0.5, 0.6) is 0 Å². The summed E-state index contributed by atoms with van der Waals surface area (Å²) in [6.45, 7) is 9.22. The van der Waals surface area contributed by atoms with Gasteiger partial charge >= 0.3 is 5.97 Å². The third-order valence-electron chi connectivity index (χ3n) is 10.2. The van der Waals surface area contributed by atoms with E-state index in [-0.39, 0.29) is 34.7 Å². The molecule has 158 valence electrons. The number of alkyl halides is 1. The van der Waals surface area contributed by atoms with E-state index in [1.54, 1.807) is 0 Å². The van der Waals surface area contributed by atoms with Crippen molar-refractivity contribution in [1.29, 1.82) is 0 Å². The first-order valence-corrected chi connectivity index (χ1v) is 11.9. The molecule has 3 unspecified atom stereocenters. The van der Waals surface area contributed by atoms with Gasteiger partial charge in [0.1, 0.15) is 17.8 Å². The lowest BCUT2D eigenvalue weighted by molar-refractivity contribution is -0.183. The number of carbonyl (C=O) groups excluding carboxylic acids is 2. The van der Waals surface area contributed by atoms with Crippen molar-refractivity contribution in [2.24, 2.45) is 39.9 Å². The number of Topliss-reactive ketones (excluding diaryl/α,β-unsaturated/α-hetero) is 1. The topological polar surface area (TPSA) is 43.4 Å². The van der Waals surface area contributed by atoms with Gasteiger partial charge in [-0.25, -0.2) is 0 Å². The Labute approximate surface area is 175 Å². The molecule has 0 aromatic rings. The predicted octanol–water partition coefficient (Wildman–Crippen LogP) is 5.78. The first-order chi connectivity index (χ1) is 13.1. The van der Waals surface area contributed by atoms with E-state index in [0.29, 0.717) is 17.1 Å². The van der Waals surface area contributed by atoms with Crippen molar-refractivity contribution >= 4 is 23.4 Å². The number of halogens is 1. The van der Waals surface area contributed by atoms with Crippen LogP contribution < -0.4 is 0 Å². The Hall–Kier alpha value is -0.570. The molecule has 3 nitrogen and oxygen atoms in total. The summed E-state index contributed by atoms with van der Waals surface area (Å²) in [5, 5.41) is 0. The standard InChI is InChI=1S/C24H37ClO3/c1-15(26)18-5-6-19-17-8-10-22(2)13-16(28-21(27)14-25)7-12-24(22,4)20(17)9-11-23(18,19)3/h16-20H,5-14H2,1-4H3/t16-,17?,18-,19?,20?,22+,23-,24-/m1/s1. The van der Waals surface area contributed by atoms with Crippen molar-refractivity contribution in [1.82, 2.24) is 0 Å². The van der Waals surface area contributed by atoms with Crippen molar-refractivity contribution in [3.8, 4) is 0 Å². The van der Waals surface area contributed by atoms with Crippen molar-refractivity contribution in [3.63, 3.8) is 0 Å². The minimum Gasteiger partial charge on any atom is -0.461 e. The fourth-order valence-electron chi connectivity index (χ4n) is 8.57. The van der Waals surface area contributed by atoms with Gasteiger partial charge in [-0.2, -0.15) is 0 Å². The Balaban J connectivity index is 1.56. The summed E-state index contributed by atoms with van der Waals surface area (Å²) in [7, 11) is 0. The zero-order valence-corrected chi connectivity index (χ0v) is 18.8. The normalized spacial score (nSPS) is 50.2. The van der Waals surface area contributed by atoms with Gasteiger partial charge in [0, 0.05) is 5.92 Å². The van der Waals surface area contributed by atoms with Crippen LogP contribution in [0.15, 0.2) is 0 Å². The van der Waals surface area contributed by atoms with Crippen LogP contribution in [-0.4, -0.2) is 23.7 Å². The highest BCUT2D eigenvalue weighted by Crippen LogP contribution is 2.70. The third kappa shape index (κ3) is 2.89. The highest BCUT2D eigenvalue weighted by Gasteiger charge is 2.63. The predicted molar refractivity (Wildman–Crippen MR) is 111 cm³/mol. The van der Waals surface area contributed by atoms with Gasteiger partial charge in [0.25, 0.3) is 0 Å². The van der Waals surface area contributed by atoms with Crippen LogP contribution in [0.4, 0.5) is 0 Å². The molecular formula is C24H37ClO3. The Morgan fingerprint density at radius 1 is 0.964 bits per heavy atom. The smallest absolute Gasteiger partial charge is 0.321 e. The molecule has 4 fully saturated rings. The number of hydrogen-bond donors (Lipinski definition) is 0. The first kappa shape index (κ1) is 20.7. The maximum Gasteiger partial charge on any atom is 0.321 e. The van der Waals surface area contributed by atoms with E-state index >= 15 is 0 Å². The molecule has 4 aliphatic carbocycles. The summed E-state index contributed by atoms with van der Waals surface area (Å²) in [5.74, 6) is 2.60. The molecule has 0 aliphatic heterocycles.